The molecule has 2 rings (SSSR count). The molecule has 1 fully saturated rings. The molecule has 1 heterocycles. The number of β-amino-alcohol motifs (C(OH)–C–C–N with tert-alkyl or cyclic N) is 2. The first-order valence-electron chi connectivity index (χ1n) is 5.66. The highest BCUT2D eigenvalue weighted by Crippen LogP contribution is 2.36. The van der Waals surface area contributed by atoms with Crippen LogP contribution in [0, 0.1) is 0 Å². The van der Waals surface area contributed by atoms with Crippen LogP contribution in [0.3, 0.4) is 0 Å². The molecule has 2 unspecified atom stereocenters. The van der Waals surface area contributed by atoms with Gasteiger partial charge in [0.15, 0.2) is 0 Å². The number of rotatable bonds is 2. The molecule has 2 N–H and O–H groups in total. The predicted molar refractivity (Wildman–Crippen MR) is 63.9 cm³/mol. The molecule has 112 valence electrons. The molecule has 5 nitrogen and oxygen atoms in total. The van der Waals surface area contributed by atoms with Crippen LogP contribution in [0.5, 0.6) is 0 Å². The average molecular weight is 311 g/mol. The fourth-order valence-electron chi connectivity index (χ4n) is 2.04. The normalized spacial score (nSPS) is 24.1. The standard InChI is InChI=1S/C11H12F3NO4S/c12-11(13,14)20(18,19)10-4-2-1-3-7(10)15-5-8(16)9(17)6-15/h1-4,8-9,16-17H,5-6H2. The number of nitrogens with zero attached hydrogens (tertiary/aromatic N) is 1. The molecule has 9 heteroatoms. The van der Waals surface area contributed by atoms with Crippen LogP contribution in [-0.4, -0.2) is 49.4 Å². The van der Waals surface area contributed by atoms with E-state index in [0.717, 1.165) is 6.07 Å². The highest BCUT2D eigenvalue weighted by molar-refractivity contribution is 7.92. The van der Waals surface area contributed by atoms with Gasteiger partial charge in [-0.25, -0.2) is 8.42 Å². The van der Waals surface area contributed by atoms with Crippen LogP contribution in [0.25, 0.3) is 0 Å². The molecule has 1 aromatic rings. The SMILES string of the molecule is O=S(=O)(c1ccccc1N1CC(O)C(O)C1)C(F)(F)F. The topological polar surface area (TPSA) is 77.8 Å². The largest absolute Gasteiger partial charge is 0.501 e. The van der Waals surface area contributed by atoms with Gasteiger partial charge in [0.1, 0.15) is 0 Å². The minimum atomic E-state index is -5.48. The smallest absolute Gasteiger partial charge is 0.389 e. The Morgan fingerprint density at radius 3 is 2.10 bits per heavy atom. The van der Waals surface area contributed by atoms with Gasteiger partial charge in [0.2, 0.25) is 0 Å². The monoisotopic (exact) mass is 311 g/mol. The Hall–Kier alpha value is -1.32. The highest BCUT2D eigenvalue weighted by Gasteiger charge is 2.48. The minimum absolute atomic E-state index is 0.133. The number of anilines is 1. The van der Waals surface area contributed by atoms with Crippen LogP contribution in [0.1, 0.15) is 0 Å². The molecule has 0 spiro atoms. The summed E-state index contributed by atoms with van der Waals surface area (Å²) in [6, 6.07) is 4.64. The molecular weight excluding hydrogens is 299 g/mol. The number of halogens is 3. The third kappa shape index (κ3) is 2.48. The molecule has 20 heavy (non-hydrogen) atoms. The van der Waals surface area contributed by atoms with Crippen molar-refractivity contribution in [2.24, 2.45) is 0 Å². The quantitative estimate of drug-likeness (QED) is 0.833. The van der Waals surface area contributed by atoms with Gasteiger partial charge in [-0.3, -0.25) is 0 Å². The average Bonchev–Trinajstić information content (AvgIpc) is 2.68. The lowest BCUT2D eigenvalue weighted by molar-refractivity contribution is -0.0435. The Morgan fingerprint density at radius 1 is 1.10 bits per heavy atom. The Morgan fingerprint density at radius 2 is 1.60 bits per heavy atom. The summed E-state index contributed by atoms with van der Waals surface area (Å²) < 4.78 is 60.9. The van der Waals surface area contributed by atoms with E-state index in [9.17, 15) is 31.8 Å². The third-order valence-electron chi connectivity index (χ3n) is 3.06. The zero-order chi connectivity index (χ0) is 15.1. The van der Waals surface area contributed by atoms with Crippen LogP contribution < -0.4 is 4.90 Å². The number of aliphatic hydroxyl groups is 2. The number of para-hydroxylation sites is 1. The maximum atomic E-state index is 12.6. The molecule has 1 aliphatic rings. The maximum Gasteiger partial charge on any atom is 0.501 e. The highest BCUT2D eigenvalue weighted by atomic mass is 32.2. The second-order valence-corrected chi connectivity index (χ2v) is 6.37. The number of sulfone groups is 1. The van der Waals surface area contributed by atoms with Crippen molar-refractivity contribution in [3.63, 3.8) is 0 Å². The van der Waals surface area contributed by atoms with E-state index in [0.29, 0.717) is 0 Å². The Kier molecular flexibility index (Phi) is 3.69. The molecule has 1 aromatic carbocycles. The summed E-state index contributed by atoms with van der Waals surface area (Å²) in [6.07, 6.45) is -2.26. The number of alkyl halides is 3. The van der Waals surface area contributed by atoms with Gasteiger partial charge in [-0.1, -0.05) is 12.1 Å². The van der Waals surface area contributed by atoms with Gasteiger partial charge in [0.05, 0.1) is 22.8 Å². The van der Waals surface area contributed by atoms with Gasteiger partial charge in [-0.05, 0) is 12.1 Å². The van der Waals surface area contributed by atoms with Crippen molar-refractivity contribution in [2.45, 2.75) is 22.6 Å². The summed E-state index contributed by atoms with van der Waals surface area (Å²) in [4.78, 5) is 0.335. The molecule has 0 aromatic heterocycles. The summed E-state index contributed by atoms with van der Waals surface area (Å²) in [7, 11) is -5.48. The van der Waals surface area contributed by atoms with Gasteiger partial charge < -0.3 is 15.1 Å². The van der Waals surface area contributed by atoms with Crippen LogP contribution in [-0.2, 0) is 9.84 Å². The van der Waals surface area contributed by atoms with Gasteiger partial charge in [0.25, 0.3) is 9.84 Å². The van der Waals surface area contributed by atoms with Crippen molar-refractivity contribution in [2.75, 3.05) is 18.0 Å². The van der Waals surface area contributed by atoms with E-state index in [4.69, 9.17) is 0 Å². The summed E-state index contributed by atoms with van der Waals surface area (Å²) in [5.74, 6) is 0. The number of hydrogen-bond donors (Lipinski definition) is 2. The van der Waals surface area contributed by atoms with Crippen molar-refractivity contribution in [1.82, 2.24) is 0 Å². The second kappa shape index (κ2) is 4.90. The van der Waals surface area contributed by atoms with E-state index in [1.807, 2.05) is 0 Å². The molecule has 0 bridgehead atoms. The van der Waals surface area contributed by atoms with Gasteiger partial charge >= 0.3 is 5.51 Å². The molecule has 2 atom stereocenters. The number of benzene rings is 1. The predicted octanol–water partition coefficient (Wildman–Crippen LogP) is 0.522. The lowest BCUT2D eigenvalue weighted by atomic mass is 10.3. The number of aliphatic hydroxyl groups excluding tert-OH is 2. The summed E-state index contributed by atoms with van der Waals surface area (Å²) in [5.41, 5.74) is -5.58. The van der Waals surface area contributed by atoms with Crippen molar-refractivity contribution >= 4 is 15.5 Å². The van der Waals surface area contributed by atoms with Gasteiger partial charge in [-0.15, -0.1) is 0 Å². The minimum Gasteiger partial charge on any atom is -0.389 e. The molecular formula is C11H12F3NO4S. The number of hydrogen-bond acceptors (Lipinski definition) is 5. The van der Waals surface area contributed by atoms with Crippen LogP contribution in [0.2, 0.25) is 0 Å². The zero-order valence-electron chi connectivity index (χ0n) is 10.1. The van der Waals surface area contributed by atoms with Crippen molar-refractivity contribution in [3.8, 4) is 0 Å². The van der Waals surface area contributed by atoms with E-state index >= 15 is 0 Å². The lowest BCUT2D eigenvalue weighted by Gasteiger charge is -2.21. The Bertz CT molecular complexity index is 592. The molecule has 0 radical (unpaired) electrons. The molecule has 0 saturated carbocycles. The second-order valence-electron chi connectivity index (χ2n) is 4.46. The van der Waals surface area contributed by atoms with Crippen molar-refractivity contribution in [1.29, 1.82) is 0 Å². The fourth-order valence-corrected chi connectivity index (χ4v) is 3.02. The first-order chi connectivity index (χ1) is 9.14. The first-order valence-corrected chi connectivity index (χ1v) is 7.14. The molecule has 0 aliphatic carbocycles. The summed E-state index contributed by atoms with van der Waals surface area (Å²) in [5, 5.41) is 18.8. The van der Waals surface area contributed by atoms with Gasteiger partial charge in [-0.2, -0.15) is 13.2 Å². The van der Waals surface area contributed by atoms with E-state index in [-0.39, 0.29) is 18.8 Å². The van der Waals surface area contributed by atoms with Crippen LogP contribution in [0.15, 0.2) is 29.2 Å². The van der Waals surface area contributed by atoms with E-state index in [1.54, 1.807) is 0 Å². The van der Waals surface area contributed by atoms with Crippen LogP contribution in [0.4, 0.5) is 18.9 Å². The van der Waals surface area contributed by atoms with E-state index in [1.165, 1.54) is 23.1 Å². The molecule has 1 saturated heterocycles. The van der Waals surface area contributed by atoms with Crippen molar-refractivity contribution in [3.05, 3.63) is 24.3 Å². The van der Waals surface area contributed by atoms with E-state index < -0.39 is 32.4 Å². The fraction of sp³-hybridized carbons (Fsp3) is 0.455. The zero-order valence-corrected chi connectivity index (χ0v) is 10.9. The lowest BCUT2D eigenvalue weighted by Crippen LogP contribution is -2.28. The Balaban J connectivity index is 2.48. The third-order valence-corrected chi connectivity index (χ3v) is 4.59. The van der Waals surface area contributed by atoms with Crippen molar-refractivity contribution < 1.29 is 31.8 Å². The van der Waals surface area contributed by atoms with Gasteiger partial charge in [0, 0.05) is 13.1 Å². The maximum absolute atomic E-state index is 12.6. The Labute approximate surface area is 113 Å². The van der Waals surface area contributed by atoms with Crippen LogP contribution >= 0.6 is 0 Å². The molecule has 1 aliphatic heterocycles. The van der Waals surface area contributed by atoms with E-state index in [2.05, 4.69) is 0 Å². The summed E-state index contributed by atoms with van der Waals surface area (Å²) in [6.45, 7) is -0.267. The molecule has 0 amide bonds. The first kappa shape index (κ1) is 15.1. The summed E-state index contributed by atoms with van der Waals surface area (Å²) >= 11 is 0.